The predicted octanol–water partition coefficient (Wildman–Crippen LogP) is 3.25. The Bertz CT molecular complexity index is 1080. The van der Waals surface area contributed by atoms with Crippen LogP contribution in [0.5, 0.6) is 0 Å². The minimum absolute atomic E-state index is 0.0945. The highest BCUT2D eigenvalue weighted by molar-refractivity contribution is 7.99. The molecule has 0 fully saturated rings. The molecule has 130 valence electrons. The first-order valence-electron chi connectivity index (χ1n) is 7.64. The average molecular weight is 382 g/mol. The number of carbonyl (C=O) groups excluding carboxylic acids is 1. The molecule has 0 saturated heterocycles. The number of anilines is 1. The largest absolute Gasteiger partial charge is 0.325 e. The van der Waals surface area contributed by atoms with Gasteiger partial charge in [0.05, 0.1) is 22.8 Å². The molecule has 1 amide bonds. The van der Waals surface area contributed by atoms with Gasteiger partial charge in [-0.1, -0.05) is 23.9 Å². The highest BCUT2D eigenvalue weighted by atomic mass is 32.2. The van der Waals surface area contributed by atoms with Crippen LogP contribution in [0.15, 0.2) is 58.3 Å². The summed E-state index contributed by atoms with van der Waals surface area (Å²) in [6.45, 7) is 4.00. The monoisotopic (exact) mass is 382 g/mol. The maximum absolute atomic E-state index is 12.5. The van der Waals surface area contributed by atoms with E-state index in [-0.39, 0.29) is 17.2 Å². The van der Waals surface area contributed by atoms with Crippen molar-refractivity contribution in [1.82, 2.24) is 9.55 Å². The SMILES string of the molecule is C=CCn1c(SCC(=O)Nc2cccc(C#N)c2)nc2sccc2c1=O. The molecular weight excluding hydrogens is 368 g/mol. The summed E-state index contributed by atoms with van der Waals surface area (Å²) in [6.07, 6.45) is 1.62. The minimum atomic E-state index is -0.240. The number of hydrogen-bond donors (Lipinski definition) is 1. The van der Waals surface area contributed by atoms with Crippen LogP contribution in [0.3, 0.4) is 0 Å². The third-order valence-corrected chi connectivity index (χ3v) is 5.25. The summed E-state index contributed by atoms with van der Waals surface area (Å²) >= 11 is 2.58. The fraction of sp³-hybridized carbons (Fsp3) is 0.111. The van der Waals surface area contributed by atoms with Gasteiger partial charge in [-0.15, -0.1) is 17.9 Å². The zero-order chi connectivity index (χ0) is 18.5. The molecule has 1 N–H and O–H groups in total. The molecule has 0 aliphatic carbocycles. The fourth-order valence-corrected chi connectivity index (χ4v) is 3.94. The zero-order valence-corrected chi connectivity index (χ0v) is 15.3. The van der Waals surface area contributed by atoms with Crippen LogP contribution in [0.25, 0.3) is 10.2 Å². The number of fused-ring (bicyclic) bond motifs is 1. The summed E-state index contributed by atoms with van der Waals surface area (Å²) < 4.78 is 1.51. The van der Waals surface area contributed by atoms with Gasteiger partial charge in [0.25, 0.3) is 5.56 Å². The van der Waals surface area contributed by atoms with Gasteiger partial charge >= 0.3 is 0 Å². The third kappa shape index (κ3) is 3.85. The summed E-state index contributed by atoms with van der Waals surface area (Å²) in [5.74, 6) is -0.146. The van der Waals surface area contributed by atoms with Crippen molar-refractivity contribution in [2.75, 3.05) is 11.1 Å². The summed E-state index contributed by atoms with van der Waals surface area (Å²) in [5, 5.41) is 14.5. The molecule has 0 unspecified atom stereocenters. The van der Waals surface area contributed by atoms with Crippen molar-refractivity contribution < 1.29 is 4.79 Å². The molecule has 2 aromatic heterocycles. The number of carbonyl (C=O) groups is 1. The van der Waals surface area contributed by atoms with Crippen LogP contribution in [0, 0.1) is 11.3 Å². The van der Waals surface area contributed by atoms with Crippen molar-refractivity contribution in [3.63, 3.8) is 0 Å². The number of aromatic nitrogens is 2. The Kier molecular flexibility index (Phi) is 5.51. The molecule has 26 heavy (non-hydrogen) atoms. The van der Waals surface area contributed by atoms with Crippen molar-refractivity contribution in [3.8, 4) is 6.07 Å². The van der Waals surface area contributed by atoms with Gasteiger partial charge in [-0.3, -0.25) is 14.2 Å². The molecule has 0 spiro atoms. The Labute approximate surface area is 157 Å². The summed E-state index contributed by atoms with van der Waals surface area (Å²) in [5.41, 5.74) is 0.890. The van der Waals surface area contributed by atoms with Crippen LogP contribution >= 0.6 is 23.1 Å². The Balaban J connectivity index is 1.77. The maximum Gasteiger partial charge on any atom is 0.263 e. The number of thiophene rings is 1. The van der Waals surface area contributed by atoms with Crippen LogP contribution in [-0.4, -0.2) is 21.2 Å². The molecule has 0 saturated carbocycles. The molecule has 1 aromatic carbocycles. The number of benzene rings is 1. The standard InChI is InChI=1S/C18H14N4O2S2/c1-2-7-22-17(24)14-6-8-25-16(14)21-18(22)26-11-15(23)20-13-5-3-4-12(9-13)10-19/h2-6,8-9H,1,7,11H2,(H,20,23). The van der Waals surface area contributed by atoms with E-state index < -0.39 is 0 Å². The Morgan fingerprint density at radius 3 is 3.08 bits per heavy atom. The topological polar surface area (TPSA) is 87.8 Å². The number of nitriles is 1. The van der Waals surface area contributed by atoms with Crippen LogP contribution in [0.2, 0.25) is 0 Å². The lowest BCUT2D eigenvalue weighted by molar-refractivity contribution is -0.113. The van der Waals surface area contributed by atoms with Crippen molar-refractivity contribution in [2.45, 2.75) is 11.7 Å². The first kappa shape index (κ1) is 17.9. The Morgan fingerprint density at radius 2 is 2.31 bits per heavy atom. The third-order valence-electron chi connectivity index (χ3n) is 3.47. The van der Waals surface area contributed by atoms with Crippen LogP contribution in [-0.2, 0) is 11.3 Å². The van der Waals surface area contributed by atoms with Crippen LogP contribution in [0.4, 0.5) is 5.69 Å². The number of hydrogen-bond acceptors (Lipinski definition) is 6. The summed E-state index contributed by atoms with van der Waals surface area (Å²) in [6, 6.07) is 10.5. The van der Waals surface area contributed by atoms with Crippen molar-refractivity contribution >= 4 is 44.9 Å². The quantitative estimate of drug-likeness (QED) is 0.402. The smallest absolute Gasteiger partial charge is 0.263 e. The fourth-order valence-electron chi connectivity index (χ4n) is 2.32. The van der Waals surface area contributed by atoms with E-state index in [0.29, 0.717) is 33.2 Å². The Morgan fingerprint density at radius 1 is 1.46 bits per heavy atom. The van der Waals surface area contributed by atoms with Crippen molar-refractivity contribution in [2.24, 2.45) is 0 Å². The van der Waals surface area contributed by atoms with Gasteiger partial charge in [-0.2, -0.15) is 5.26 Å². The summed E-state index contributed by atoms with van der Waals surface area (Å²) in [4.78, 5) is 29.9. The first-order valence-corrected chi connectivity index (χ1v) is 9.50. The van der Waals surface area contributed by atoms with Gasteiger partial charge in [-0.25, -0.2) is 4.98 Å². The Hall–Kier alpha value is -2.89. The van der Waals surface area contributed by atoms with Gasteiger partial charge in [0.2, 0.25) is 5.91 Å². The van der Waals surface area contributed by atoms with Gasteiger partial charge in [0.15, 0.2) is 5.16 Å². The van der Waals surface area contributed by atoms with E-state index in [0.717, 1.165) is 0 Å². The first-order chi connectivity index (χ1) is 12.6. The van der Waals surface area contributed by atoms with Gasteiger partial charge in [0, 0.05) is 12.2 Å². The number of nitrogens with one attached hydrogen (secondary N) is 1. The second-order valence-electron chi connectivity index (χ2n) is 5.27. The molecule has 8 heteroatoms. The lowest BCUT2D eigenvalue weighted by atomic mass is 10.2. The molecule has 2 heterocycles. The minimum Gasteiger partial charge on any atom is -0.325 e. The van der Waals surface area contributed by atoms with E-state index in [2.05, 4.69) is 16.9 Å². The highest BCUT2D eigenvalue weighted by Crippen LogP contribution is 2.21. The van der Waals surface area contributed by atoms with Gasteiger partial charge in [-0.05, 0) is 29.6 Å². The lowest BCUT2D eigenvalue weighted by Crippen LogP contribution is -2.23. The predicted molar refractivity (Wildman–Crippen MR) is 105 cm³/mol. The molecule has 3 aromatic rings. The van der Waals surface area contributed by atoms with E-state index in [1.165, 1.54) is 27.7 Å². The number of rotatable bonds is 6. The molecule has 0 atom stereocenters. The second-order valence-corrected chi connectivity index (χ2v) is 7.10. The highest BCUT2D eigenvalue weighted by Gasteiger charge is 2.13. The van der Waals surface area contributed by atoms with E-state index in [1.54, 1.807) is 36.4 Å². The van der Waals surface area contributed by atoms with E-state index >= 15 is 0 Å². The zero-order valence-electron chi connectivity index (χ0n) is 13.6. The molecule has 6 nitrogen and oxygen atoms in total. The van der Waals surface area contributed by atoms with Gasteiger partial charge < -0.3 is 5.32 Å². The molecule has 0 aliphatic rings. The number of nitrogens with zero attached hydrogens (tertiary/aromatic N) is 3. The normalized spacial score (nSPS) is 10.4. The number of thioether (sulfide) groups is 1. The van der Waals surface area contributed by atoms with Crippen molar-refractivity contribution in [3.05, 3.63) is 64.3 Å². The number of allylic oxidation sites excluding steroid dienone is 1. The van der Waals surface area contributed by atoms with Crippen LogP contribution < -0.4 is 10.9 Å². The van der Waals surface area contributed by atoms with E-state index in [1.807, 2.05) is 11.4 Å². The molecule has 0 bridgehead atoms. The van der Waals surface area contributed by atoms with E-state index in [9.17, 15) is 9.59 Å². The molecule has 0 aliphatic heterocycles. The summed E-state index contributed by atoms with van der Waals surface area (Å²) in [7, 11) is 0. The second kappa shape index (κ2) is 7.99. The van der Waals surface area contributed by atoms with Crippen molar-refractivity contribution in [1.29, 1.82) is 5.26 Å². The molecule has 3 rings (SSSR count). The average Bonchev–Trinajstić information content (AvgIpc) is 3.11. The molecular formula is C18H14N4O2S2. The molecule has 0 radical (unpaired) electrons. The van der Waals surface area contributed by atoms with Gasteiger partial charge in [0.1, 0.15) is 4.83 Å². The van der Waals surface area contributed by atoms with E-state index in [4.69, 9.17) is 5.26 Å². The maximum atomic E-state index is 12.5. The number of amides is 1. The lowest BCUT2D eigenvalue weighted by Gasteiger charge is -2.10. The van der Waals surface area contributed by atoms with Crippen LogP contribution in [0.1, 0.15) is 5.56 Å².